The van der Waals surface area contributed by atoms with E-state index in [1.807, 2.05) is 63.2 Å². The summed E-state index contributed by atoms with van der Waals surface area (Å²) in [6.07, 6.45) is 0.338. The molecule has 0 unspecified atom stereocenters. The Balaban J connectivity index is 1.81. The molecule has 0 saturated carbocycles. The van der Waals surface area contributed by atoms with Gasteiger partial charge in [0.15, 0.2) is 17.5 Å². The summed E-state index contributed by atoms with van der Waals surface area (Å²) >= 11 is 0. The van der Waals surface area contributed by atoms with Crippen molar-refractivity contribution < 1.29 is 19.0 Å². The summed E-state index contributed by atoms with van der Waals surface area (Å²) in [7, 11) is 4.98. The number of carbonyl (C=O) groups excluding carboxylic acids is 1. The van der Waals surface area contributed by atoms with Gasteiger partial charge in [-0.15, -0.1) is 0 Å². The average Bonchev–Trinajstić information content (AvgIpc) is 2.75. The Hall–Kier alpha value is -3.42. The van der Waals surface area contributed by atoms with Gasteiger partial charge in [-0.05, 0) is 51.0 Å². The van der Waals surface area contributed by atoms with E-state index < -0.39 is 11.7 Å². The second-order valence-corrected chi connectivity index (χ2v) is 8.08. The lowest BCUT2D eigenvalue weighted by molar-refractivity contribution is 0.0636. The molecule has 0 radical (unpaired) electrons. The van der Waals surface area contributed by atoms with Gasteiger partial charge in [0.05, 0.1) is 14.2 Å². The maximum Gasteiger partial charge on any atom is 0.412 e. The highest BCUT2D eigenvalue weighted by Crippen LogP contribution is 2.30. The summed E-state index contributed by atoms with van der Waals surface area (Å²) in [5.41, 5.74) is 2.28. The molecule has 0 fully saturated rings. The van der Waals surface area contributed by atoms with Crippen molar-refractivity contribution in [2.75, 3.05) is 33.1 Å². The first kappa shape index (κ1) is 24.8. The Labute approximate surface area is 190 Å². The fourth-order valence-corrected chi connectivity index (χ4v) is 2.99. The second kappa shape index (κ2) is 11.8. The van der Waals surface area contributed by atoms with Crippen LogP contribution in [0.15, 0.2) is 47.5 Å². The largest absolute Gasteiger partial charge is 0.493 e. The number of rotatable bonds is 8. The number of hydrogen-bond acceptors (Lipinski definition) is 5. The predicted octanol–water partition coefficient (Wildman–Crippen LogP) is 3.96. The topological polar surface area (TPSA) is 93.2 Å². The van der Waals surface area contributed by atoms with Crippen LogP contribution in [0.2, 0.25) is 0 Å². The Morgan fingerprint density at radius 1 is 1.00 bits per heavy atom. The van der Waals surface area contributed by atoms with Crippen molar-refractivity contribution in [2.45, 2.75) is 39.3 Å². The first-order valence-electron chi connectivity index (χ1n) is 10.5. The number of nitrogens with zero attached hydrogens (tertiary/aromatic N) is 1. The summed E-state index contributed by atoms with van der Waals surface area (Å²) in [6.45, 7) is 6.74. The third-order valence-corrected chi connectivity index (χ3v) is 4.46. The van der Waals surface area contributed by atoms with E-state index in [2.05, 4.69) is 20.9 Å². The number of para-hydroxylation sites is 1. The molecule has 0 saturated heterocycles. The van der Waals surface area contributed by atoms with Gasteiger partial charge in [0.2, 0.25) is 0 Å². The fourth-order valence-electron chi connectivity index (χ4n) is 2.99. The van der Waals surface area contributed by atoms with Crippen molar-refractivity contribution in [1.29, 1.82) is 0 Å². The van der Waals surface area contributed by atoms with Crippen molar-refractivity contribution in [2.24, 2.45) is 4.99 Å². The Morgan fingerprint density at radius 2 is 1.72 bits per heavy atom. The van der Waals surface area contributed by atoms with Crippen LogP contribution in [0.25, 0.3) is 0 Å². The molecule has 3 N–H and O–H groups in total. The Morgan fingerprint density at radius 3 is 2.31 bits per heavy atom. The van der Waals surface area contributed by atoms with Crippen LogP contribution in [0.3, 0.4) is 0 Å². The molecule has 0 atom stereocenters. The number of amides is 1. The number of anilines is 1. The quantitative estimate of drug-likeness (QED) is 0.423. The Bertz CT molecular complexity index is 905. The lowest BCUT2D eigenvalue weighted by atomic mass is 10.1. The maximum atomic E-state index is 11.9. The van der Waals surface area contributed by atoms with E-state index in [4.69, 9.17) is 14.2 Å². The number of nitrogens with one attached hydrogen (secondary N) is 3. The van der Waals surface area contributed by atoms with Crippen LogP contribution < -0.4 is 25.4 Å². The molecule has 174 valence electrons. The molecule has 2 rings (SSSR count). The van der Waals surface area contributed by atoms with E-state index in [9.17, 15) is 4.79 Å². The third kappa shape index (κ3) is 8.02. The molecule has 0 bridgehead atoms. The first-order chi connectivity index (χ1) is 15.3. The van der Waals surface area contributed by atoms with Gasteiger partial charge in [-0.3, -0.25) is 10.3 Å². The van der Waals surface area contributed by atoms with Crippen LogP contribution in [0, 0.1) is 0 Å². The molecule has 8 nitrogen and oxygen atoms in total. The number of ether oxygens (including phenoxy) is 3. The zero-order chi connectivity index (χ0) is 23.6. The highest BCUT2D eigenvalue weighted by atomic mass is 16.6. The van der Waals surface area contributed by atoms with E-state index in [1.165, 1.54) is 0 Å². The monoisotopic (exact) mass is 442 g/mol. The van der Waals surface area contributed by atoms with E-state index >= 15 is 0 Å². The molecule has 2 aromatic carbocycles. The summed E-state index contributed by atoms with van der Waals surface area (Å²) in [5, 5.41) is 9.33. The van der Waals surface area contributed by atoms with Crippen molar-refractivity contribution in [1.82, 2.24) is 10.6 Å². The molecule has 0 aliphatic carbocycles. The minimum Gasteiger partial charge on any atom is -0.493 e. The molecule has 1 amide bonds. The number of guanidine groups is 1. The van der Waals surface area contributed by atoms with Crippen LogP contribution in [0.5, 0.6) is 11.5 Å². The van der Waals surface area contributed by atoms with Gasteiger partial charge in [0.25, 0.3) is 0 Å². The number of benzene rings is 2. The van der Waals surface area contributed by atoms with Crippen molar-refractivity contribution in [3.05, 3.63) is 53.6 Å². The molecular formula is C24H34N4O4. The SMILES string of the molecule is CN=C(NCCc1ccc(NC(=O)OC(C)(C)C)cc1)NCc1cccc(OC)c1OC. The number of methoxy groups -OCH3 is 2. The van der Waals surface area contributed by atoms with Crippen LogP contribution in [-0.4, -0.2) is 45.5 Å². The van der Waals surface area contributed by atoms with E-state index in [0.717, 1.165) is 17.5 Å². The van der Waals surface area contributed by atoms with Crippen LogP contribution in [-0.2, 0) is 17.7 Å². The van der Waals surface area contributed by atoms with Gasteiger partial charge < -0.3 is 24.8 Å². The molecule has 0 aromatic heterocycles. The van der Waals surface area contributed by atoms with E-state index in [-0.39, 0.29) is 0 Å². The molecule has 0 heterocycles. The smallest absolute Gasteiger partial charge is 0.412 e. The predicted molar refractivity (Wildman–Crippen MR) is 128 cm³/mol. The average molecular weight is 443 g/mol. The Kier molecular flexibility index (Phi) is 9.19. The maximum absolute atomic E-state index is 11.9. The molecule has 2 aromatic rings. The summed E-state index contributed by atoms with van der Waals surface area (Å²) in [6, 6.07) is 13.5. The van der Waals surface area contributed by atoms with Gasteiger partial charge in [-0.1, -0.05) is 24.3 Å². The lowest BCUT2D eigenvalue weighted by Crippen LogP contribution is -2.37. The van der Waals surface area contributed by atoms with E-state index in [1.54, 1.807) is 21.3 Å². The first-order valence-corrected chi connectivity index (χ1v) is 10.5. The van der Waals surface area contributed by atoms with Gasteiger partial charge in [0.1, 0.15) is 5.60 Å². The highest BCUT2D eigenvalue weighted by Gasteiger charge is 2.16. The second-order valence-electron chi connectivity index (χ2n) is 8.08. The van der Waals surface area contributed by atoms with Crippen LogP contribution in [0.4, 0.5) is 10.5 Å². The number of hydrogen-bond donors (Lipinski definition) is 3. The van der Waals surface area contributed by atoms with Crippen LogP contribution in [0.1, 0.15) is 31.9 Å². The minimum absolute atomic E-state index is 0.463. The number of carbonyl (C=O) groups is 1. The normalized spacial score (nSPS) is 11.5. The summed E-state index contributed by atoms with van der Waals surface area (Å²) in [4.78, 5) is 16.1. The zero-order valence-electron chi connectivity index (χ0n) is 19.7. The lowest BCUT2D eigenvalue weighted by Gasteiger charge is -2.19. The fraction of sp³-hybridized carbons (Fsp3) is 0.417. The van der Waals surface area contributed by atoms with E-state index in [0.29, 0.717) is 36.2 Å². The number of aliphatic imine (C=N–C) groups is 1. The molecule has 0 spiro atoms. The summed E-state index contributed by atoms with van der Waals surface area (Å²) in [5.74, 6) is 2.09. The standard InChI is InChI=1S/C24H34N4O4/c1-24(2,3)32-23(29)28-19-12-10-17(11-13-19)14-15-26-22(25-4)27-16-18-8-7-9-20(30-5)21(18)31-6/h7-13H,14-16H2,1-6H3,(H,28,29)(H2,25,26,27). The van der Waals surface area contributed by atoms with Gasteiger partial charge in [-0.2, -0.15) is 0 Å². The van der Waals surface area contributed by atoms with Crippen LogP contribution >= 0.6 is 0 Å². The van der Waals surface area contributed by atoms with Gasteiger partial charge in [-0.25, -0.2) is 4.79 Å². The third-order valence-electron chi connectivity index (χ3n) is 4.46. The van der Waals surface area contributed by atoms with Gasteiger partial charge in [0, 0.05) is 31.4 Å². The zero-order valence-corrected chi connectivity index (χ0v) is 19.7. The molecule has 0 aliphatic heterocycles. The van der Waals surface area contributed by atoms with Crippen molar-refractivity contribution in [3.63, 3.8) is 0 Å². The van der Waals surface area contributed by atoms with Crippen molar-refractivity contribution >= 4 is 17.7 Å². The molecule has 8 heteroatoms. The molecular weight excluding hydrogens is 408 g/mol. The minimum atomic E-state index is -0.528. The molecule has 0 aliphatic rings. The van der Waals surface area contributed by atoms with Crippen molar-refractivity contribution in [3.8, 4) is 11.5 Å². The molecule has 32 heavy (non-hydrogen) atoms. The summed E-state index contributed by atoms with van der Waals surface area (Å²) < 4.78 is 16.1. The van der Waals surface area contributed by atoms with Gasteiger partial charge >= 0.3 is 6.09 Å². The highest BCUT2D eigenvalue weighted by molar-refractivity contribution is 5.84.